The summed E-state index contributed by atoms with van der Waals surface area (Å²) < 4.78 is 0. The summed E-state index contributed by atoms with van der Waals surface area (Å²) in [6.45, 7) is 3.31. The minimum Gasteiger partial charge on any atom is -0.391 e. The van der Waals surface area contributed by atoms with Gasteiger partial charge in [-0.2, -0.15) is 0 Å². The van der Waals surface area contributed by atoms with E-state index in [1.54, 1.807) is 0 Å². The number of halogens is 1. The van der Waals surface area contributed by atoms with Crippen LogP contribution in [0.2, 0.25) is 0 Å². The van der Waals surface area contributed by atoms with Gasteiger partial charge in [-0.3, -0.25) is 0 Å². The number of para-hydroxylation sites is 1. The third kappa shape index (κ3) is 4.46. The van der Waals surface area contributed by atoms with Crippen molar-refractivity contribution in [1.29, 1.82) is 0 Å². The Morgan fingerprint density at radius 2 is 1.37 bits per heavy atom. The normalized spacial score (nSPS) is 27.6. The molecule has 1 unspecified atom stereocenters. The first kappa shape index (κ1) is 21.0. The summed E-state index contributed by atoms with van der Waals surface area (Å²) in [5.41, 5.74) is 1.26. The third-order valence-corrected chi connectivity index (χ3v) is 7.36. The lowest BCUT2D eigenvalue weighted by molar-refractivity contribution is 0.0376. The third-order valence-electron chi connectivity index (χ3n) is 7.36. The second kappa shape index (κ2) is 9.62. The highest BCUT2D eigenvalue weighted by molar-refractivity contribution is 5.85. The fraction of sp³-hybridized carbons (Fsp3) is 0.739. The van der Waals surface area contributed by atoms with Gasteiger partial charge >= 0.3 is 0 Å². The van der Waals surface area contributed by atoms with E-state index < -0.39 is 0 Å². The Labute approximate surface area is 171 Å². The smallest absolute Gasteiger partial charge is 0.0789 e. The Hall–Kier alpha value is -0.770. The zero-order valence-electron chi connectivity index (χ0n) is 16.7. The van der Waals surface area contributed by atoms with Crippen LogP contribution >= 0.6 is 12.4 Å². The van der Waals surface area contributed by atoms with Crippen molar-refractivity contribution in [3.05, 3.63) is 30.3 Å². The van der Waals surface area contributed by atoms with Crippen LogP contribution in [0, 0.1) is 0 Å². The number of likely N-dealkylation sites (tertiary alicyclic amines) is 1. The molecule has 1 spiro atoms. The van der Waals surface area contributed by atoms with Crippen LogP contribution in [0.3, 0.4) is 0 Å². The van der Waals surface area contributed by atoms with Crippen molar-refractivity contribution < 1.29 is 5.11 Å². The average molecular weight is 393 g/mol. The molecule has 4 rings (SSSR count). The standard InChI is InChI=1S/C23H36N2O.ClH/c26-22-14-17-25(21-12-8-5-9-13-21)23(22)15-18-24(19-16-23)20-10-6-3-1-2-4-7-11-20;/h5,8-9,12-13,20,22,26H,1-4,6-7,10-11,14-19H2;1H. The minimum atomic E-state index is -0.176. The Balaban J connectivity index is 0.00000210. The minimum absolute atomic E-state index is 0. The number of piperidine rings is 1. The lowest BCUT2D eigenvalue weighted by Crippen LogP contribution is -2.58. The largest absolute Gasteiger partial charge is 0.391 e. The number of nitrogens with zero attached hydrogens (tertiary/aromatic N) is 2. The van der Waals surface area contributed by atoms with E-state index in [0.717, 1.165) is 44.9 Å². The Morgan fingerprint density at radius 3 is 2.00 bits per heavy atom. The molecule has 1 aliphatic carbocycles. The molecule has 0 aromatic heterocycles. The maximum atomic E-state index is 10.9. The SMILES string of the molecule is Cl.OC1CCN(c2ccccc2)C12CCN(C1CCCCCCCC1)CC2. The molecule has 0 radical (unpaired) electrons. The van der Waals surface area contributed by atoms with Gasteiger partial charge in [0.25, 0.3) is 0 Å². The zero-order chi connectivity index (χ0) is 17.8. The van der Waals surface area contributed by atoms with Gasteiger partial charge in [0.15, 0.2) is 0 Å². The van der Waals surface area contributed by atoms with E-state index in [4.69, 9.17) is 0 Å². The van der Waals surface area contributed by atoms with Crippen LogP contribution in [0.5, 0.6) is 0 Å². The van der Waals surface area contributed by atoms with E-state index in [9.17, 15) is 5.11 Å². The maximum absolute atomic E-state index is 10.9. The second-order valence-electron chi connectivity index (χ2n) is 8.78. The molecule has 3 nitrogen and oxygen atoms in total. The molecule has 3 aliphatic rings. The van der Waals surface area contributed by atoms with E-state index in [-0.39, 0.29) is 24.0 Å². The molecular weight excluding hydrogens is 356 g/mol. The zero-order valence-corrected chi connectivity index (χ0v) is 17.5. The molecule has 1 aromatic rings. The number of hydrogen-bond donors (Lipinski definition) is 1. The van der Waals surface area contributed by atoms with Crippen molar-refractivity contribution >= 4 is 18.1 Å². The molecule has 1 N–H and O–H groups in total. The summed E-state index contributed by atoms with van der Waals surface area (Å²) in [4.78, 5) is 5.29. The molecule has 0 bridgehead atoms. The van der Waals surface area contributed by atoms with Gasteiger partial charge in [-0.25, -0.2) is 0 Å². The topological polar surface area (TPSA) is 26.7 Å². The average Bonchev–Trinajstić information content (AvgIpc) is 3.06. The number of aliphatic hydroxyl groups excluding tert-OH is 1. The molecule has 0 amide bonds. The fourth-order valence-electron chi connectivity index (χ4n) is 5.77. The summed E-state index contributed by atoms with van der Waals surface area (Å²) >= 11 is 0. The number of aliphatic hydroxyl groups is 1. The summed E-state index contributed by atoms with van der Waals surface area (Å²) in [5.74, 6) is 0. The highest BCUT2D eigenvalue weighted by Gasteiger charge is 2.50. The molecule has 3 fully saturated rings. The van der Waals surface area contributed by atoms with Crippen molar-refractivity contribution in [2.75, 3.05) is 24.5 Å². The van der Waals surface area contributed by atoms with Gasteiger partial charge in [0.05, 0.1) is 11.6 Å². The van der Waals surface area contributed by atoms with Gasteiger partial charge < -0.3 is 14.9 Å². The summed E-state index contributed by atoms with van der Waals surface area (Å²) in [7, 11) is 0. The fourth-order valence-corrected chi connectivity index (χ4v) is 5.77. The van der Waals surface area contributed by atoms with E-state index >= 15 is 0 Å². The van der Waals surface area contributed by atoms with Gasteiger partial charge in [-0.05, 0) is 44.2 Å². The van der Waals surface area contributed by atoms with Gasteiger partial charge in [0.1, 0.15) is 0 Å². The van der Waals surface area contributed by atoms with E-state index in [2.05, 4.69) is 40.1 Å². The van der Waals surface area contributed by atoms with Crippen LogP contribution < -0.4 is 4.90 Å². The Bertz CT molecular complexity index is 549. The van der Waals surface area contributed by atoms with Crippen molar-refractivity contribution in [2.45, 2.75) is 88.3 Å². The molecule has 2 saturated heterocycles. The predicted octanol–water partition coefficient (Wildman–Crippen LogP) is 5.02. The molecule has 1 saturated carbocycles. The van der Waals surface area contributed by atoms with Gasteiger partial charge in [-0.15, -0.1) is 12.4 Å². The van der Waals surface area contributed by atoms with Crippen LogP contribution in [0.15, 0.2) is 30.3 Å². The number of anilines is 1. The quantitative estimate of drug-likeness (QED) is 0.765. The first-order chi connectivity index (χ1) is 12.8. The molecule has 1 atom stereocenters. The summed E-state index contributed by atoms with van der Waals surface area (Å²) in [5, 5.41) is 10.9. The van der Waals surface area contributed by atoms with Crippen LogP contribution in [-0.2, 0) is 0 Å². The number of hydrogen-bond acceptors (Lipinski definition) is 3. The first-order valence-electron chi connectivity index (χ1n) is 11.0. The number of benzene rings is 1. The summed E-state index contributed by atoms with van der Waals surface area (Å²) in [6.07, 6.45) is 14.3. The van der Waals surface area contributed by atoms with Crippen molar-refractivity contribution in [2.24, 2.45) is 0 Å². The van der Waals surface area contributed by atoms with Gasteiger partial charge in [-0.1, -0.05) is 56.7 Å². The molecule has 27 heavy (non-hydrogen) atoms. The van der Waals surface area contributed by atoms with Crippen molar-refractivity contribution in [1.82, 2.24) is 4.90 Å². The lowest BCUT2D eigenvalue weighted by Gasteiger charge is -2.49. The lowest BCUT2D eigenvalue weighted by atomic mass is 9.81. The van der Waals surface area contributed by atoms with Gasteiger partial charge in [0.2, 0.25) is 0 Å². The molecular formula is C23H37ClN2O. The molecule has 2 heterocycles. The molecule has 1 aromatic carbocycles. The van der Waals surface area contributed by atoms with Crippen LogP contribution in [0.1, 0.15) is 70.6 Å². The first-order valence-corrected chi connectivity index (χ1v) is 11.0. The van der Waals surface area contributed by atoms with Gasteiger partial charge in [0, 0.05) is 31.4 Å². The van der Waals surface area contributed by atoms with Crippen LogP contribution in [0.4, 0.5) is 5.69 Å². The van der Waals surface area contributed by atoms with E-state index in [1.807, 2.05) is 0 Å². The van der Waals surface area contributed by atoms with Crippen molar-refractivity contribution in [3.63, 3.8) is 0 Å². The highest BCUT2D eigenvalue weighted by Crippen LogP contribution is 2.42. The Morgan fingerprint density at radius 1 is 0.778 bits per heavy atom. The molecule has 4 heteroatoms. The monoisotopic (exact) mass is 392 g/mol. The molecule has 2 aliphatic heterocycles. The highest BCUT2D eigenvalue weighted by atomic mass is 35.5. The van der Waals surface area contributed by atoms with Crippen LogP contribution in [0.25, 0.3) is 0 Å². The number of rotatable bonds is 2. The predicted molar refractivity (Wildman–Crippen MR) is 116 cm³/mol. The second-order valence-corrected chi connectivity index (χ2v) is 8.78. The van der Waals surface area contributed by atoms with E-state index in [0.29, 0.717) is 0 Å². The van der Waals surface area contributed by atoms with Crippen LogP contribution in [-0.4, -0.2) is 47.3 Å². The van der Waals surface area contributed by atoms with Crippen molar-refractivity contribution in [3.8, 4) is 0 Å². The summed E-state index contributed by atoms with van der Waals surface area (Å²) in [6, 6.07) is 11.5. The van der Waals surface area contributed by atoms with E-state index in [1.165, 1.54) is 57.1 Å². The maximum Gasteiger partial charge on any atom is 0.0789 e. The molecule has 152 valence electrons. The Kier molecular flexibility index (Phi) is 7.47.